The van der Waals surface area contributed by atoms with E-state index in [-0.39, 0.29) is 0 Å². The number of nitrogens with zero attached hydrogens (tertiary/aromatic N) is 4. The van der Waals surface area contributed by atoms with E-state index in [1.807, 2.05) is 78.9 Å². The van der Waals surface area contributed by atoms with E-state index in [0.29, 0.717) is 11.3 Å². The van der Waals surface area contributed by atoms with Crippen LogP contribution in [0.5, 0.6) is 0 Å². The number of furan rings is 2. The molecule has 6 nitrogen and oxygen atoms in total. The highest BCUT2D eigenvalue weighted by atomic mass is 16.3. The van der Waals surface area contributed by atoms with Crippen LogP contribution in [0.15, 0.2) is 215 Å². The van der Waals surface area contributed by atoms with E-state index in [0.717, 1.165) is 132 Å². The highest BCUT2D eigenvalue weighted by molar-refractivity contribution is 6.29. The number of hydrogen-bond donors (Lipinski definition) is 0. The van der Waals surface area contributed by atoms with Gasteiger partial charge in [0.15, 0.2) is 16.9 Å². The number of anilines is 6. The first kappa shape index (κ1) is 37.7. The first-order valence-electron chi connectivity index (χ1n) is 22.6. The summed E-state index contributed by atoms with van der Waals surface area (Å²) < 4.78 is 13.6. The van der Waals surface area contributed by atoms with Crippen molar-refractivity contribution < 1.29 is 8.83 Å². The molecule has 0 radical (unpaired) electrons. The Hall–Kier alpha value is -9.62. The molecule has 0 bridgehead atoms. The second kappa shape index (κ2) is 14.4. The van der Waals surface area contributed by atoms with Crippen molar-refractivity contribution in [3.8, 4) is 6.07 Å². The SMILES string of the molecule is [C-]#[N+]c1ccc(N(c2ccc3ccc4c(N(c5ccc(C#N)c6ccccc56)c5cccc6c5oc5ccccc56)ccc5ccc2c3c54)c2cccc3c2oc2ccccc23)c2ccccc12. The number of para-hydroxylation sites is 4. The molecule has 0 aliphatic heterocycles. The molecule has 0 saturated heterocycles. The minimum atomic E-state index is 0.604. The zero-order chi connectivity index (χ0) is 45.0. The summed E-state index contributed by atoms with van der Waals surface area (Å²) in [6.45, 7) is 8.08. The van der Waals surface area contributed by atoms with Gasteiger partial charge in [-0.3, -0.25) is 0 Å². The molecule has 0 spiro atoms. The van der Waals surface area contributed by atoms with E-state index in [2.05, 4.69) is 148 Å². The van der Waals surface area contributed by atoms with Gasteiger partial charge in [-0.15, -0.1) is 0 Å². The highest BCUT2D eigenvalue weighted by Gasteiger charge is 2.27. The third-order valence-corrected chi connectivity index (χ3v) is 13.9. The number of hydrogen-bond acceptors (Lipinski definition) is 5. The lowest BCUT2D eigenvalue weighted by molar-refractivity contribution is 0.669. The monoisotopic (exact) mass is 866 g/mol. The van der Waals surface area contributed by atoms with Crippen LogP contribution >= 0.6 is 0 Å². The summed E-state index contributed by atoms with van der Waals surface area (Å²) in [5.41, 5.74) is 10.0. The van der Waals surface area contributed by atoms with Gasteiger partial charge in [0.1, 0.15) is 11.2 Å². The summed E-state index contributed by atoms with van der Waals surface area (Å²) in [6, 6.07) is 73.8. The quantitative estimate of drug-likeness (QED) is 0.123. The lowest BCUT2D eigenvalue weighted by Gasteiger charge is -2.30. The number of fused-ring (bicyclic) bond motifs is 8. The van der Waals surface area contributed by atoms with Crippen molar-refractivity contribution in [3.63, 3.8) is 0 Å². The summed E-state index contributed by atoms with van der Waals surface area (Å²) in [5.74, 6) is 0. The lowest BCUT2D eigenvalue weighted by atomic mass is 9.91. The molecule has 14 aromatic rings. The summed E-state index contributed by atoms with van der Waals surface area (Å²) in [4.78, 5) is 8.58. The van der Waals surface area contributed by atoms with E-state index in [4.69, 9.17) is 15.4 Å². The molecule has 0 saturated carbocycles. The molecular weight excluding hydrogens is 833 g/mol. The molecule has 0 unspecified atom stereocenters. The Kier molecular flexibility index (Phi) is 8.01. The van der Waals surface area contributed by atoms with E-state index in [1.165, 1.54) is 0 Å². The van der Waals surface area contributed by atoms with E-state index in [1.54, 1.807) is 0 Å². The minimum Gasteiger partial charge on any atom is -0.454 e. The summed E-state index contributed by atoms with van der Waals surface area (Å²) in [5, 5.41) is 24.8. The molecule has 68 heavy (non-hydrogen) atoms. The predicted octanol–water partition coefficient (Wildman–Crippen LogP) is 18.1. The van der Waals surface area contributed by atoms with Crippen molar-refractivity contribution in [2.75, 3.05) is 9.80 Å². The smallest absolute Gasteiger partial charge is 0.195 e. The van der Waals surface area contributed by atoms with Crippen molar-refractivity contribution in [2.24, 2.45) is 0 Å². The highest BCUT2D eigenvalue weighted by Crippen LogP contribution is 2.52. The Morgan fingerprint density at radius 2 is 0.765 bits per heavy atom. The van der Waals surface area contributed by atoms with Gasteiger partial charge in [-0.2, -0.15) is 5.26 Å². The van der Waals surface area contributed by atoms with Gasteiger partial charge >= 0.3 is 0 Å². The molecule has 14 rings (SSSR count). The van der Waals surface area contributed by atoms with Gasteiger partial charge in [0.05, 0.1) is 52.3 Å². The van der Waals surface area contributed by atoms with Gasteiger partial charge in [0, 0.05) is 43.1 Å². The molecule has 0 N–H and O–H groups in total. The maximum atomic E-state index is 10.3. The molecule has 314 valence electrons. The summed E-state index contributed by atoms with van der Waals surface area (Å²) in [7, 11) is 0. The molecule has 6 heteroatoms. The van der Waals surface area contributed by atoms with Gasteiger partial charge in [-0.25, -0.2) is 4.85 Å². The van der Waals surface area contributed by atoms with Crippen molar-refractivity contribution >= 4 is 138 Å². The molecule has 0 fully saturated rings. The molecule has 0 aliphatic rings. The van der Waals surface area contributed by atoms with Crippen LogP contribution in [0.4, 0.5) is 39.8 Å². The fourth-order valence-electron chi connectivity index (χ4n) is 10.9. The average Bonchev–Trinajstić information content (AvgIpc) is 3.98. The molecule has 2 aromatic heterocycles. The molecule has 0 amide bonds. The van der Waals surface area contributed by atoms with Crippen molar-refractivity contribution in [2.45, 2.75) is 0 Å². The second-order valence-corrected chi connectivity index (χ2v) is 17.3. The standard InChI is InChI=1S/C62H34N4O2/c1-64-50-31-35-52(43-15-5-3-13-41(43)50)66(56-21-11-19-47-45-17-7-9-23-58(45)68-62(47)56)54-33-27-38-24-29-48-53(32-26-37-25-30-49(54)60(38)59(37)48)65(51-34-28-39(36-63)40-12-2-4-14-42(40)51)55-20-10-18-46-44-16-6-8-22-57(44)67-61(46)55/h2-35H. The fraction of sp³-hybridized carbons (Fsp3) is 0. The van der Waals surface area contributed by atoms with Crippen LogP contribution in [0.25, 0.3) is 103 Å². The van der Waals surface area contributed by atoms with Gasteiger partial charge in [0.2, 0.25) is 0 Å². The summed E-state index contributed by atoms with van der Waals surface area (Å²) in [6.07, 6.45) is 0. The van der Waals surface area contributed by atoms with Crippen LogP contribution in [0.3, 0.4) is 0 Å². The topological polar surface area (TPSA) is 60.9 Å². The predicted molar refractivity (Wildman–Crippen MR) is 280 cm³/mol. The van der Waals surface area contributed by atoms with Crippen molar-refractivity contribution in [1.29, 1.82) is 5.26 Å². The second-order valence-electron chi connectivity index (χ2n) is 17.3. The number of rotatable bonds is 6. The van der Waals surface area contributed by atoms with Gasteiger partial charge in [0.25, 0.3) is 0 Å². The Balaban J connectivity index is 1.08. The van der Waals surface area contributed by atoms with E-state index >= 15 is 0 Å². The van der Waals surface area contributed by atoms with Crippen LogP contribution in [0.1, 0.15) is 5.56 Å². The van der Waals surface area contributed by atoms with Crippen LogP contribution < -0.4 is 9.80 Å². The maximum Gasteiger partial charge on any atom is 0.195 e. The molecule has 0 atom stereocenters. The zero-order valence-corrected chi connectivity index (χ0v) is 36.2. The molecule has 2 heterocycles. The Morgan fingerprint density at radius 1 is 0.353 bits per heavy atom. The van der Waals surface area contributed by atoms with E-state index < -0.39 is 0 Å². The number of benzene rings is 12. The molecular formula is C62H34N4O2. The van der Waals surface area contributed by atoms with E-state index in [9.17, 15) is 5.26 Å². The van der Waals surface area contributed by atoms with Gasteiger partial charge in [-0.05, 0) is 86.9 Å². The first-order valence-corrected chi connectivity index (χ1v) is 22.6. The van der Waals surface area contributed by atoms with Crippen molar-refractivity contribution in [1.82, 2.24) is 0 Å². The van der Waals surface area contributed by atoms with Crippen molar-refractivity contribution in [3.05, 3.63) is 223 Å². The first-order chi connectivity index (χ1) is 33.7. The van der Waals surface area contributed by atoms with Crippen LogP contribution in [0.2, 0.25) is 0 Å². The van der Waals surface area contributed by atoms with Crippen LogP contribution in [-0.4, -0.2) is 0 Å². The third-order valence-electron chi connectivity index (χ3n) is 13.9. The Labute approximate surface area is 389 Å². The van der Waals surface area contributed by atoms with Crippen LogP contribution in [0, 0.1) is 17.9 Å². The average molecular weight is 867 g/mol. The lowest BCUT2D eigenvalue weighted by Crippen LogP contribution is -2.12. The van der Waals surface area contributed by atoms with Crippen LogP contribution in [-0.2, 0) is 0 Å². The fourth-order valence-corrected chi connectivity index (χ4v) is 10.9. The summed E-state index contributed by atoms with van der Waals surface area (Å²) >= 11 is 0. The third kappa shape index (κ3) is 5.31. The Bertz CT molecular complexity index is 4220. The normalized spacial score (nSPS) is 11.8. The molecule has 12 aromatic carbocycles. The largest absolute Gasteiger partial charge is 0.454 e. The van der Waals surface area contributed by atoms with Gasteiger partial charge in [-0.1, -0.05) is 152 Å². The van der Waals surface area contributed by atoms with Gasteiger partial charge < -0.3 is 18.6 Å². The molecule has 0 aliphatic carbocycles. The number of nitriles is 1. The Morgan fingerprint density at radius 3 is 1.29 bits per heavy atom. The minimum absolute atomic E-state index is 0.604. The maximum absolute atomic E-state index is 10.3. The zero-order valence-electron chi connectivity index (χ0n) is 36.2.